The van der Waals surface area contributed by atoms with Crippen molar-refractivity contribution in [1.29, 1.82) is 0 Å². The Morgan fingerprint density at radius 2 is 1.37 bits per heavy atom. The van der Waals surface area contributed by atoms with Gasteiger partial charge in [0.2, 0.25) is 0 Å². The minimum absolute atomic E-state index is 0.0852. The average molecular weight is 308 g/mol. The summed E-state index contributed by atoms with van der Waals surface area (Å²) in [6, 6.07) is 2.61. The molecule has 0 heterocycles. The van der Waals surface area contributed by atoms with Crippen molar-refractivity contribution in [3.63, 3.8) is 0 Å². The number of aryl methyl sites for hydroxylation is 1. The molecule has 0 aliphatic carbocycles. The minimum Gasteiger partial charge on any atom is -0.218 e. The summed E-state index contributed by atoms with van der Waals surface area (Å²) < 4.78 is 89.3. The van der Waals surface area contributed by atoms with E-state index < -0.39 is 34.2 Å². The van der Waals surface area contributed by atoms with Gasteiger partial charge < -0.3 is 0 Å². The zero-order valence-corrected chi connectivity index (χ0v) is 10.4. The van der Waals surface area contributed by atoms with Gasteiger partial charge in [0, 0.05) is 16.7 Å². The Bertz CT molecular complexity index is 473. The molecule has 19 heavy (non-hydrogen) atoms. The van der Waals surface area contributed by atoms with E-state index >= 15 is 0 Å². The predicted octanol–water partition coefficient (Wildman–Crippen LogP) is 5.05. The van der Waals surface area contributed by atoms with E-state index in [-0.39, 0.29) is 5.56 Å². The van der Waals surface area contributed by atoms with Crippen LogP contribution in [0.25, 0.3) is 0 Å². The van der Waals surface area contributed by atoms with Gasteiger partial charge in [0.25, 0.3) is 0 Å². The molecular formula is C11H7ClF7. The Morgan fingerprint density at radius 1 is 0.947 bits per heavy atom. The van der Waals surface area contributed by atoms with Crippen molar-refractivity contribution in [2.75, 3.05) is 0 Å². The molecule has 0 saturated heterocycles. The molecule has 0 fully saturated rings. The molecule has 0 unspecified atom stereocenters. The third-order valence-electron chi connectivity index (χ3n) is 2.70. The van der Waals surface area contributed by atoms with E-state index in [0.717, 1.165) is 6.92 Å². The van der Waals surface area contributed by atoms with Crippen LogP contribution in [0.1, 0.15) is 16.7 Å². The highest BCUT2D eigenvalue weighted by Crippen LogP contribution is 2.54. The lowest BCUT2D eigenvalue weighted by Gasteiger charge is -2.31. The van der Waals surface area contributed by atoms with E-state index in [2.05, 4.69) is 6.07 Å². The molecule has 1 aromatic rings. The first kappa shape index (κ1) is 16.1. The highest BCUT2D eigenvalue weighted by Gasteiger charge is 2.74. The van der Waals surface area contributed by atoms with Gasteiger partial charge in [-0.05, 0) is 31.0 Å². The van der Waals surface area contributed by atoms with Gasteiger partial charge in [0.05, 0.1) is 0 Å². The first-order chi connectivity index (χ1) is 8.32. The number of rotatable bonds is 1. The molecule has 1 aromatic carbocycles. The fourth-order valence-electron chi connectivity index (χ4n) is 1.57. The van der Waals surface area contributed by atoms with E-state index in [4.69, 9.17) is 11.6 Å². The lowest BCUT2D eigenvalue weighted by Crippen LogP contribution is -2.50. The van der Waals surface area contributed by atoms with E-state index in [9.17, 15) is 30.7 Å². The Morgan fingerprint density at radius 3 is 1.74 bits per heavy atom. The smallest absolute Gasteiger partial charge is 0.218 e. The van der Waals surface area contributed by atoms with Gasteiger partial charge >= 0.3 is 18.0 Å². The van der Waals surface area contributed by atoms with Crippen molar-refractivity contribution in [2.24, 2.45) is 0 Å². The monoisotopic (exact) mass is 307 g/mol. The van der Waals surface area contributed by atoms with E-state index in [1.807, 2.05) is 0 Å². The van der Waals surface area contributed by atoms with Gasteiger partial charge in [-0.1, -0.05) is 11.6 Å². The molecule has 107 valence electrons. The van der Waals surface area contributed by atoms with Gasteiger partial charge in [0.1, 0.15) is 0 Å². The third kappa shape index (κ3) is 2.52. The summed E-state index contributed by atoms with van der Waals surface area (Å²) in [7, 11) is 0. The molecule has 0 amide bonds. The zero-order valence-electron chi connectivity index (χ0n) is 9.60. The molecule has 0 N–H and O–H groups in total. The third-order valence-corrected chi connectivity index (χ3v) is 2.90. The molecule has 0 nitrogen and oxygen atoms in total. The SMILES string of the molecule is Cc1[c]c(Cl)cc(C(F)(C(F)(F)F)C(F)(F)F)c1C. The van der Waals surface area contributed by atoms with Crippen LogP contribution in [0, 0.1) is 19.9 Å². The molecule has 0 bridgehead atoms. The zero-order chi connectivity index (χ0) is 15.2. The topological polar surface area (TPSA) is 0 Å². The summed E-state index contributed by atoms with van der Waals surface area (Å²) in [4.78, 5) is 0. The van der Waals surface area contributed by atoms with Crippen molar-refractivity contribution in [1.82, 2.24) is 0 Å². The molecule has 0 aromatic heterocycles. The van der Waals surface area contributed by atoms with Gasteiger partial charge in [-0.25, -0.2) is 4.39 Å². The summed E-state index contributed by atoms with van der Waals surface area (Å²) in [6.45, 7) is 2.14. The average Bonchev–Trinajstić information content (AvgIpc) is 2.18. The number of alkyl halides is 7. The maximum atomic E-state index is 13.8. The van der Waals surface area contributed by atoms with Crippen molar-refractivity contribution in [3.05, 3.63) is 33.8 Å². The first-order valence-electron chi connectivity index (χ1n) is 4.84. The van der Waals surface area contributed by atoms with Gasteiger partial charge in [-0.2, -0.15) is 26.3 Å². The number of hydrogen-bond donors (Lipinski definition) is 0. The minimum atomic E-state index is -6.15. The largest absolute Gasteiger partial charge is 0.435 e. The van der Waals surface area contributed by atoms with Crippen LogP contribution in [0.2, 0.25) is 5.02 Å². The normalized spacial score (nSPS) is 13.8. The van der Waals surface area contributed by atoms with Crippen LogP contribution >= 0.6 is 11.6 Å². The summed E-state index contributed by atoms with van der Waals surface area (Å²) in [5, 5.41) is -0.520. The van der Waals surface area contributed by atoms with Crippen LogP contribution in [0.5, 0.6) is 0 Å². The molecule has 0 saturated carbocycles. The highest BCUT2D eigenvalue weighted by atomic mass is 35.5. The lowest BCUT2D eigenvalue weighted by atomic mass is 9.88. The molecule has 0 aliphatic heterocycles. The molecule has 0 aliphatic rings. The Hall–Kier alpha value is -0.980. The van der Waals surface area contributed by atoms with Crippen molar-refractivity contribution >= 4 is 11.6 Å². The molecular weight excluding hydrogens is 301 g/mol. The Labute approximate surface area is 109 Å². The maximum Gasteiger partial charge on any atom is 0.435 e. The number of hydrogen-bond acceptors (Lipinski definition) is 0. The van der Waals surface area contributed by atoms with E-state index in [1.54, 1.807) is 0 Å². The van der Waals surface area contributed by atoms with Crippen molar-refractivity contribution in [2.45, 2.75) is 31.9 Å². The summed E-state index contributed by atoms with van der Waals surface area (Å²) in [6.07, 6.45) is -12.3. The number of benzene rings is 1. The summed E-state index contributed by atoms with van der Waals surface area (Å²) in [5.74, 6) is 0. The Kier molecular flexibility index (Phi) is 3.84. The molecule has 1 radical (unpaired) electrons. The fourth-order valence-corrected chi connectivity index (χ4v) is 1.82. The number of halogens is 8. The summed E-state index contributed by atoms with van der Waals surface area (Å²) in [5.41, 5.74) is -7.61. The quantitative estimate of drug-likeness (QED) is 0.637. The highest BCUT2D eigenvalue weighted by molar-refractivity contribution is 6.30. The van der Waals surface area contributed by atoms with Gasteiger partial charge in [-0.15, -0.1) is 0 Å². The van der Waals surface area contributed by atoms with Crippen molar-refractivity contribution in [3.8, 4) is 0 Å². The van der Waals surface area contributed by atoms with Crippen LogP contribution in [-0.4, -0.2) is 12.4 Å². The first-order valence-corrected chi connectivity index (χ1v) is 5.22. The maximum absolute atomic E-state index is 13.8. The van der Waals surface area contributed by atoms with Gasteiger partial charge in [0.15, 0.2) is 0 Å². The van der Waals surface area contributed by atoms with E-state index in [1.165, 1.54) is 6.92 Å². The van der Waals surface area contributed by atoms with Crippen LogP contribution in [0.15, 0.2) is 6.07 Å². The second kappa shape index (κ2) is 4.54. The van der Waals surface area contributed by atoms with Crippen LogP contribution in [0.3, 0.4) is 0 Å². The van der Waals surface area contributed by atoms with Crippen LogP contribution < -0.4 is 0 Å². The molecule has 0 atom stereocenters. The second-order valence-electron chi connectivity index (χ2n) is 3.93. The van der Waals surface area contributed by atoms with Crippen LogP contribution in [-0.2, 0) is 5.67 Å². The van der Waals surface area contributed by atoms with Crippen LogP contribution in [0.4, 0.5) is 30.7 Å². The molecule has 8 heteroatoms. The lowest BCUT2D eigenvalue weighted by molar-refractivity contribution is -0.348. The van der Waals surface area contributed by atoms with Crippen molar-refractivity contribution < 1.29 is 30.7 Å². The predicted molar refractivity (Wildman–Crippen MR) is 54.7 cm³/mol. The van der Waals surface area contributed by atoms with Gasteiger partial charge in [-0.3, -0.25) is 0 Å². The second-order valence-corrected chi connectivity index (χ2v) is 4.34. The molecule has 0 spiro atoms. The Balaban J connectivity index is 3.71. The summed E-state index contributed by atoms with van der Waals surface area (Å²) >= 11 is 5.37. The van der Waals surface area contributed by atoms with E-state index in [0.29, 0.717) is 6.07 Å². The fraction of sp³-hybridized carbons (Fsp3) is 0.455. The standard InChI is InChI=1S/C11H7ClF7/c1-5-3-7(12)4-8(6(5)2)9(13,10(14,15)16)11(17,18)19/h4H,1-2H3. The molecule has 1 rings (SSSR count).